The molecule has 0 radical (unpaired) electrons. The molecule has 1 N–H and O–H groups in total. The molecule has 0 unspecified atom stereocenters. The quantitative estimate of drug-likeness (QED) is 0.657. The highest BCUT2D eigenvalue weighted by Gasteiger charge is 1.99. The lowest BCUT2D eigenvalue weighted by molar-refractivity contribution is 0.374. The minimum Gasteiger partial charge on any atom is -0.468 e. The molecule has 0 bridgehead atoms. The highest BCUT2D eigenvalue weighted by Crippen LogP contribution is 2.24. The summed E-state index contributed by atoms with van der Waals surface area (Å²) in [5.74, 6) is 0.772. The summed E-state index contributed by atoms with van der Waals surface area (Å²) in [6.45, 7) is 0. The van der Waals surface area contributed by atoms with Crippen LogP contribution in [0, 0.1) is 0 Å². The summed E-state index contributed by atoms with van der Waals surface area (Å²) in [6.07, 6.45) is 6.22. The first-order valence-electron chi connectivity index (χ1n) is 3.94. The molecular formula is C10H9NO2. The van der Waals surface area contributed by atoms with Gasteiger partial charge in [-0.1, -0.05) is 12.1 Å². The number of para-hydroxylation sites is 2. The fraction of sp³-hybridized carbons (Fsp3) is 0. The number of rotatable bonds is 0. The molecule has 3 nitrogen and oxygen atoms in total. The molecule has 3 heteroatoms. The highest BCUT2D eigenvalue weighted by molar-refractivity contribution is 5.57. The minimum absolute atomic E-state index is 0.772. The predicted octanol–water partition coefficient (Wildman–Crippen LogP) is 2.45. The van der Waals surface area contributed by atoms with Gasteiger partial charge in [-0.2, -0.15) is 0 Å². The van der Waals surface area contributed by atoms with Crippen LogP contribution in [0.5, 0.6) is 5.75 Å². The Hall–Kier alpha value is -1.90. The van der Waals surface area contributed by atoms with Gasteiger partial charge < -0.3 is 14.8 Å². The third kappa shape index (κ3) is 1.82. The van der Waals surface area contributed by atoms with E-state index in [0.29, 0.717) is 0 Å². The Balaban J connectivity index is 2.34. The average molecular weight is 175 g/mol. The van der Waals surface area contributed by atoms with Gasteiger partial charge in [0.25, 0.3) is 0 Å². The maximum Gasteiger partial charge on any atom is 0.150 e. The lowest BCUT2D eigenvalue weighted by Crippen LogP contribution is -1.90. The molecule has 0 saturated heterocycles. The van der Waals surface area contributed by atoms with Crippen LogP contribution in [-0.4, -0.2) is 0 Å². The van der Waals surface area contributed by atoms with Crippen molar-refractivity contribution >= 4 is 5.69 Å². The number of ether oxygens (including phenoxy) is 2. The van der Waals surface area contributed by atoms with E-state index >= 15 is 0 Å². The Labute approximate surface area is 76.3 Å². The second kappa shape index (κ2) is 3.67. The van der Waals surface area contributed by atoms with Crippen molar-refractivity contribution in [2.75, 3.05) is 5.32 Å². The number of benzene rings is 1. The molecule has 1 aromatic carbocycles. The van der Waals surface area contributed by atoms with E-state index in [1.165, 1.54) is 12.5 Å². The fourth-order valence-electron chi connectivity index (χ4n) is 1.03. The Morgan fingerprint density at radius 1 is 1.00 bits per heavy atom. The molecular weight excluding hydrogens is 166 g/mol. The first-order chi connectivity index (χ1) is 6.47. The maximum atomic E-state index is 5.30. The van der Waals surface area contributed by atoms with Gasteiger partial charge in [-0.25, -0.2) is 0 Å². The second-order valence-corrected chi connectivity index (χ2v) is 2.47. The second-order valence-electron chi connectivity index (χ2n) is 2.47. The number of nitrogens with one attached hydrogen (secondary N) is 1. The van der Waals surface area contributed by atoms with Crippen LogP contribution in [-0.2, 0) is 4.74 Å². The summed E-state index contributed by atoms with van der Waals surface area (Å²) >= 11 is 0. The topological polar surface area (TPSA) is 30.5 Å². The van der Waals surface area contributed by atoms with E-state index in [-0.39, 0.29) is 0 Å². The summed E-state index contributed by atoms with van der Waals surface area (Å²) in [5.41, 5.74) is 0.911. The lowest BCUT2D eigenvalue weighted by Gasteiger charge is -2.05. The first kappa shape index (κ1) is 7.73. The maximum absolute atomic E-state index is 5.30. The van der Waals surface area contributed by atoms with Crippen molar-refractivity contribution in [2.24, 2.45) is 0 Å². The molecule has 0 aliphatic carbocycles. The normalized spacial score (nSPS) is 16.3. The average Bonchev–Trinajstić information content (AvgIpc) is 2.28. The molecule has 2 rings (SSSR count). The Morgan fingerprint density at radius 3 is 2.92 bits per heavy atom. The van der Waals surface area contributed by atoms with Crippen LogP contribution in [0.2, 0.25) is 0 Å². The lowest BCUT2D eigenvalue weighted by atomic mass is 10.3. The van der Waals surface area contributed by atoms with Gasteiger partial charge in [0.2, 0.25) is 0 Å². The monoisotopic (exact) mass is 175 g/mol. The predicted molar refractivity (Wildman–Crippen MR) is 50.1 cm³/mol. The van der Waals surface area contributed by atoms with Crippen molar-refractivity contribution in [1.82, 2.24) is 0 Å². The van der Waals surface area contributed by atoms with Gasteiger partial charge in [0.1, 0.15) is 24.5 Å². The van der Waals surface area contributed by atoms with Crippen LogP contribution in [0.4, 0.5) is 5.69 Å². The third-order valence-electron chi connectivity index (χ3n) is 1.60. The van der Waals surface area contributed by atoms with Gasteiger partial charge in [0.05, 0.1) is 5.69 Å². The molecule has 1 aliphatic rings. The van der Waals surface area contributed by atoms with Gasteiger partial charge in [0.15, 0.2) is 0 Å². The van der Waals surface area contributed by atoms with Gasteiger partial charge in [-0.3, -0.25) is 0 Å². The zero-order valence-electron chi connectivity index (χ0n) is 6.94. The van der Waals surface area contributed by atoms with E-state index in [9.17, 15) is 0 Å². The molecule has 1 aromatic rings. The van der Waals surface area contributed by atoms with E-state index in [4.69, 9.17) is 9.47 Å². The summed E-state index contributed by atoms with van der Waals surface area (Å²) in [5, 5.41) is 3.03. The first-order valence-corrected chi connectivity index (χ1v) is 3.94. The Bertz CT molecular complexity index is 312. The van der Waals surface area contributed by atoms with Crippen LogP contribution in [0.1, 0.15) is 0 Å². The van der Waals surface area contributed by atoms with Crippen molar-refractivity contribution in [1.29, 1.82) is 0 Å². The number of hydrogen-bond acceptors (Lipinski definition) is 3. The largest absolute Gasteiger partial charge is 0.468 e. The van der Waals surface area contributed by atoms with E-state index in [1.54, 1.807) is 12.5 Å². The van der Waals surface area contributed by atoms with Crippen LogP contribution in [0.25, 0.3) is 0 Å². The molecule has 0 saturated carbocycles. The smallest absolute Gasteiger partial charge is 0.150 e. The van der Waals surface area contributed by atoms with Crippen LogP contribution >= 0.6 is 0 Å². The van der Waals surface area contributed by atoms with E-state index in [0.717, 1.165) is 11.4 Å². The van der Waals surface area contributed by atoms with Crippen molar-refractivity contribution in [3.8, 4) is 5.75 Å². The van der Waals surface area contributed by atoms with E-state index in [2.05, 4.69) is 5.32 Å². The van der Waals surface area contributed by atoms with Gasteiger partial charge in [-0.05, 0) is 12.1 Å². The molecule has 13 heavy (non-hydrogen) atoms. The zero-order valence-corrected chi connectivity index (χ0v) is 6.94. The van der Waals surface area contributed by atoms with Gasteiger partial charge in [0, 0.05) is 6.20 Å². The van der Waals surface area contributed by atoms with E-state index < -0.39 is 0 Å². The zero-order chi connectivity index (χ0) is 8.93. The molecule has 0 spiro atoms. The van der Waals surface area contributed by atoms with Crippen LogP contribution in [0.15, 0.2) is 49.3 Å². The van der Waals surface area contributed by atoms with Crippen LogP contribution in [0.3, 0.4) is 0 Å². The standard InChI is InChI=1S/C10H9NO2/c1-2-4-10-9(3-1)11-5-6-12-7-8-13-10/h1-8,11H/b6-5?,8-7-. The molecule has 1 aliphatic heterocycles. The van der Waals surface area contributed by atoms with Gasteiger partial charge >= 0.3 is 0 Å². The summed E-state index contributed by atoms with van der Waals surface area (Å²) in [6, 6.07) is 7.66. The highest BCUT2D eigenvalue weighted by atomic mass is 16.5. The van der Waals surface area contributed by atoms with Crippen molar-refractivity contribution in [3.63, 3.8) is 0 Å². The molecule has 0 fully saturated rings. The Morgan fingerprint density at radius 2 is 1.92 bits per heavy atom. The third-order valence-corrected chi connectivity index (χ3v) is 1.60. The van der Waals surface area contributed by atoms with Crippen molar-refractivity contribution < 1.29 is 9.47 Å². The minimum atomic E-state index is 0.772. The van der Waals surface area contributed by atoms with Crippen LogP contribution < -0.4 is 10.1 Å². The molecule has 66 valence electrons. The number of hydrogen-bond donors (Lipinski definition) is 1. The Kier molecular flexibility index (Phi) is 2.18. The molecule has 0 aromatic heterocycles. The SMILES string of the molecule is C1=CO/C=C\Oc2ccccc2N1. The summed E-state index contributed by atoms with van der Waals surface area (Å²) in [7, 11) is 0. The molecule has 0 amide bonds. The fourth-order valence-corrected chi connectivity index (χ4v) is 1.03. The van der Waals surface area contributed by atoms with Crippen molar-refractivity contribution in [2.45, 2.75) is 0 Å². The van der Waals surface area contributed by atoms with Crippen molar-refractivity contribution in [3.05, 3.63) is 49.3 Å². The molecule has 1 heterocycles. The summed E-state index contributed by atoms with van der Waals surface area (Å²) in [4.78, 5) is 0. The number of anilines is 1. The number of fused-ring (bicyclic) bond motifs is 1. The van der Waals surface area contributed by atoms with E-state index in [1.807, 2.05) is 24.3 Å². The molecule has 0 atom stereocenters. The van der Waals surface area contributed by atoms with Gasteiger partial charge in [-0.15, -0.1) is 0 Å². The summed E-state index contributed by atoms with van der Waals surface area (Å²) < 4.78 is 10.2.